The largest absolute Gasteiger partial charge is 0.444 e. The Morgan fingerprint density at radius 1 is 1.52 bits per heavy atom. The molecule has 1 atom stereocenters. The highest BCUT2D eigenvalue weighted by Crippen LogP contribution is 2.15. The van der Waals surface area contributed by atoms with Crippen molar-refractivity contribution in [1.82, 2.24) is 10.2 Å². The van der Waals surface area contributed by atoms with Crippen LogP contribution in [-0.4, -0.2) is 46.9 Å². The number of allylic oxidation sites excluding steroid dienone is 1. The maximum Gasteiger partial charge on any atom is 0.410 e. The van der Waals surface area contributed by atoms with E-state index in [1.165, 1.54) is 6.20 Å². The fraction of sp³-hybridized carbons (Fsp3) is 0.692. The molecule has 8 heteroatoms. The molecule has 1 heterocycles. The van der Waals surface area contributed by atoms with Gasteiger partial charge >= 0.3 is 11.8 Å². The normalized spacial score (nSPS) is 19.9. The molecule has 1 aliphatic rings. The van der Waals surface area contributed by atoms with E-state index < -0.39 is 10.5 Å². The number of piperidine rings is 1. The van der Waals surface area contributed by atoms with Crippen molar-refractivity contribution in [3.05, 3.63) is 22.0 Å². The van der Waals surface area contributed by atoms with Crippen LogP contribution in [0.4, 0.5) is 4.79 Å². The zero-order chi connectivity index (χ0) is 16.0. The van der Waals surface area contributed by atoms with Gasteiger partial charge in [-0.25, -0.2) is 4.79 Å². The summed E-state index contributed by atoms with van der Waals surface area (Å²) < 4.78 is 5.31. The first-order chi connectivity index (χ1) is 9.73. The molecule has 0 aromatic heterocycles. The Kier molecular flexibility index (Phi) is 5.69. The molecule has 21 heavy (non-hydrogen) atoms. The quantitative estimate of drug-likeness (QED) is 0.467. The van der Waals surface area contributed by atoms with Crippen molar-refractivity contribution in [2.24, 2.45) is 0 Å². The van der Waals surface area contributed by atoms with Crippen LogP contribution in [0, 0.1) is 15.5 Å². The van der Waals surface area contributed by atoms with E-state index in [1.807, 2.05) is 0 Å². The van der Waals surface area contributed by atoms with Gasteiger partial charge in [-0.15, -0.1) is 0 Å². The van der Waals surface area contributed by atoms with Gasteiger partial charge in [-0.3, -0.25) is 10.1 Å². The SMILES string of the molecule is CC(C)(C)OC(=O)N1CCCC(N/C=C(\C=N)[N+](=O)[O-])C1. The zero-order valence-electron chi connectivity index (χ0n) is 12.6. The lowest BCUT2D eigenvalue weighted by atomic mass is 10.1. The summed E-state index contributed by atoms with van der Waals surface area (Å²) in [5.74, 6) is 0. The number of hydrogen-bond acceptors (Lipinski definition) is 6. The summed E-state index contributed by atoms with van der Waals surface area (Å²) >= 11 is 0. The fourth-order valence-corrected chi connectivity index (χ4v) is 1.96. The molecule has 0 aromatic carbocycles. The van der Waals surface area contributed by atoms with Gasteiger partial charge in [0.25, 0.3) is 0 Å². The summed E-state index contributed by atoms with van der Waals surface area (Å²) in [6.07, 6.45) is 3.11. The van der Waals surface area contributed by atoms with Crippen molar-refractivity contribution >= 4 is 12.3 Å². The second-order valence-electron chi connectivity index (χ2n) is 5.90. The van der Waals surface area contributed by atoms with Gasteiger partial charge in [0, 0.05) is 19.1 Å². The number of ether oxygens (including phenoxy) is 1. The average molecular weight is 298 g/mol. The van der Waals surface area contributed by atoms with Gasteiger partial charge in [-0.2, -0.15) is 0 Å². The summed E-state index contributed by atoms with van der Waals surface area (Å²) in [6.45, 7) is 6.46. The average Bonchev–Trinajstić information content (AvgIpc) is 2.37. The van der Waals surface area contributed by atoms with Crippen LogP contribution in [0.3, 0.4) is 0 Å². The van der Waals surface area contributed by atoms with Crippen molar-refractivity contribution in [1.29, 1.82) is 5.41 Å². The number of amides is 1. The Morgan fingerprint density at radius 2 is 2.19 bits per heavy atom. The first-order valence-corrected chi connectivity index (χ1v) is 6.82. The third-order valence-electron chi connectivity index (χ3n) is 2.90. The summed E-state index contributed by atoms with van der Waals surface area (Å²) in [5.41, 5.74) is -0.861. The highest BCUT2D eigenvalue weighted by atomic mass is 16.6. The Morgan fingerprint density at radius 3 is 2.71 bits per heavy atom. The lowest BCUT2D eigenvalue weighted by Gasteiger charge is -2.34. The van der Waals surface area contributed by atoms with E-state index in [2.05, 4.69) is 5.32 Å². The number of hydrogen-bond donors (Lipinski definition) is 2. The molecule has 0 aromatic rings. The maximum absolute atomic E-state index is 12.0. The Hall–Kier alpha value is -2.12. The third-order valence-corrected chi connectivity index (χ3v) is 2.90. The molecule has 8 nitrogen and oxygen atoms in total. The van der Waals surface area contributed by atoms with Crippen LogP contribution in [0.25, 0.3) is 0 Å². The van der Waals surface area contributed by atoms with Crippen molar-refractivity contribution in [2.45, 2.75) is 45.3 Å². The van der Waals surface area contributed by atoms with Crippen LogP contribution < -0.4 is 5.32 Å². The molecule has 1 aliphatic heterocycles. The minimum atomic E-state index is -0.630. The number of rotatable bonds is 4. The molecule has 1 unspecified atom stereocenters. The minimum absolute atomic E-state index is 0.0823. The van der Waals surface area contributed by atoms with Crippen molar-refractivity contribution in [3.63, 3.8) is 0 Å². The number of nitrogens with one attached hydrogen (secondary N) is 2. The van der Waals surface area contributed by atoms with Gasteiger partial charge in [-0.1, -0.05) is 0 Å². The van der Waals surface area contributed by atoms with Crippen LogP contribution in [0.5, 0.6) is 0 Å². The van der Waals surface area contributed by atoms with Crippen LogP contribution in [-0.2, 0) is 4.74 Å². The second kappa shape index (κ2) is 7.05. The minimum Gasteiger partial charge on any atom is -0.444 e. The second-order valence-corrected chi connectivity index (χ2v) is 5.90. The van der Waals surface area contributed by atoms with Gasteiger partial charge in [0.15, 0.2) is 0 Å². The Balaban J connectivity index is 2.58. The molecular weight excluding hydrogens is 276 g/mol. The lowest BCUT2D eigenvalue weighted by molar-refractivity contribution is -0.414. The fourth-order valence-electron chi connectivity index (χ4n) is 1.96. The Labute approximate surface area is 123 Å². The van der Waals surface area contributed by atoms with Crippen molar-refractivity contribution in [2.75, 3.05) is 13.1 Å². The van der Waals surface area contributed by atoms with Gasteiger partial charge in [-0.05, 0) is 33.6 Å². The zero-order valence-corrected chi connectivity index (χ0v) is 12.6. The van der Waals surface area contributed by atoms with Gasteiger partial charge in [0.2, 0.25) is 0 Å². The summed E-state index contributed by atoms with van der Waals surface area (Å²) in [5, 5.41) is 20.4. The number of carbonyl (C=O) groups is 1. The van der Waals surface area contributed by atoms with Crippen molar-refractivity contribution < 1.29 is 14.5 Å². The van der Waals surface area contributed by atoms with E-state index in [9.17, 15) is 14.9 Å². The lowest BCUT2D eigenvalue weighted by Crippen LogP contribution is -2.48. The van der Waals surface area contributed by atoms with E-state index in [1.54, 1.807) is 25.7 Å². The summed E-state index contributed by atoms with van der Waals surface area (Å²) in [4.78, 5) is 23.5. The number of nitro groups is 1. The predicted octanol–water partition coefficient (Wildman–Crippen LogP) is 1.74. The standard InChI is InChI=1S/C13H22N4O4/c1-13(2,3)21-12(18)16-6-4-5-10(9-16)15-8-11(7-14)17(19)20/h7-8,10,14-15H,4-6,9H2,1-3H3/b11-8+,14-7?. The van der Waals surface area contributed by atoms with E-state index in [0.29, 0.717) is 19.3 Å². The third kappa shape index (κ3) is 5.80. The van der Waals surface area contributed by atoms with Gasteiger partial charge in [0.05, 0.1) is 17.3 Å². The molecule has 0 bridgehead atoms. The summed E-state index contributed by atoms with van der Waals surface area (Å²) in [6, 6.07) is -0.0823. The van der Waals surface area contributed by atoms with E-state index in [0.717, 1.165) is 12.8 Å². The number of carbonyl (C=O) groups excluding carboxylic acids is 1. The first-order valence-electron chi connectivity index (χ1n) is 6.82. The highest BCUT2D eigenvalue weighted by Gasteiger charge is 2.27. The number of nitrogens with zero attached hydrogens (tertiary/aromatic N) is 2. The topological polar surface area (TPSA) is 109 Å². The molecule has 0 saturated carbocycles. The molecule has 1 amide bonds. The van der Waals surface area contributed by atoms with Crippen molar-refractivity contribution in [3.8, 4) is 0 Å². The molecule has 118 valence electrons. The predicted molar refractivity (Wildman–Crippen MR) is 77.8 cm³/mol. The smallest absolute Gasteiger partial charge is 0.410 e. The van der Waals surface area contributed by atoms with Crippen LogP contribution >= 0.6 is 0 Å². The molecule has 2 N–H and O–H groups in total. The van der Waals surface area contributed by atoms with Crippen LogP contribution in [0.2, 0.25) is 0 Å². The molecule has 0 spiro atoms. The maximum atomic E-state index is 12.0. The highest BCUT2D eigenvalue weighted by molar-refractivity contribution is 5.72. The van der Waals surface area contributed by atoms with Gasteiger partial charge in [0.1, 0.15) is 5.60 Å². The summed E-state index contributed by atoms with van der Waals surface area (Å²) in [7, 11) is 0. The van der Waals surface area contributed by atoms with Crippen LogP contribution in [0.15, 0.2) is 11.9 Å². The van der Waals surface area contributed by atoms with E-state index >= 15 is 0 Å². The molecule has 1 fully saturated rings. The monoisotopic (exact) mass is 298 g/mol. The number of likely N-dealkylation sites (tertiary alicyclic amines) is 1. The molecule has 0 aliphatic carbocycles. The van der Waals surface area contributed by atoms with E-state index in [-0.39, 0.29) is 17.8 Å². The Bertz CT molecular complexity index is 442. The first kappa shape index (κ1) is 16.9. The molecular formula is C13H22N4O4. The molecule has 0 radical (unpaired) electrons. The van der Waals surface area contributed by atoms with Gasteiger partial charge < -0.3 is 20.4 Å². The molecule has 1 rings (SSSR count). The van der Waals surface area contributed by atoms with E-state index in [4.69, 9.17) is 10.1 Å². The molecule has 1 saturated heterocycles. The van der Waals surface area contributed by atoms with Crippen LogP contribution in [0.1, 0.15) is 33.6 Å².